The Balaban J connectivity index is 2.66. The molecule has 0 aromatic rings. The van der Waals surface area contributed by atoms with Crippen LogP contribution in [0.25, 0.3) is 0 Å². The Kier molecular flexibility index (Phi) is 3.63. The van der Waals surface area contributed by atoms with Crippen LogP contribution in [0, 0.1) is 12.3 Å². The minimum Gasteiger partial charge on any atom is -0.394 e. The lowest BCUT2D eigenvalue weighted by Gasteiger charge is -2.39. The monoisotopic (exact) mass is 191 g/mol. The maximum atomic E-state index is 9.48. The molecule has 1 aliphatic rings. The van der Waals surface area contributed by atoms with Crippen LogP contribution in [0.3, 0.4) is 0 Å². The van der Waals surface area contributed by atoms with Gasteiger partial charge in [-0.2, -0.15) is 0 Å². The van der Waals surface area contributed by atoms with Crippen LogP contribution in [0.15, 0.2) is 0 Å². The molecule has 0 aromatic heterocycles. The quantitative estimate of drug-likeness (QED) is 0.416. The van der Waals surface area contributed by atoms with Crippen LogP contribution in [0.2, 0.25) is 0 Å². The fourth-order valence-corrected chi connectivity index (χ4v) is 1.48. The van der Waals surface area contributed by atoms with Crippen molar-refractivity contribution in [2.75, 3.05) is 6.61 Å². The van der Waals surface area contributed by atoms with Crippen LogP contribution >= 0.6 is 0 Å². The summed E-state index contributed by atoms with van der Waals surface area (Å²) in [6.07, 6.45) is -2.77. The smallest absolute Gasteiger partial charge is 0.160 e. The molecule has 1 fully saturated rings. The lowest BCUT2D eigenvalue weighted by molar-refractivity contribution is -0.262. The van der Waals surface area contributed by atoms with Crippen molar-refractivity contribution in [2.24, 2.45) is 5.92 Å². The minimum absolute atomic E-state index is 0.425. The van der Waals surface area contributed by atoms with Crippen molar-refractivity contribution in [3.63, 3.8) is 0 Å². The number of ether oxygens (including phenoxy) is 1. The third kappa shape index (κ3) is 2.00. The molecule has 0 amide bonds. The van der Waals surface area contributed by atoms with Gasteiger partial charge in [0.05, 0.1) is 12.7 Å². The van der Waals surface area contributed by atoms with Crippen molar-refractivity contribution in [1.29, 1.82) is 0 Å². The number of hydrogen-bond donors (Lipinski definition) is 4. The third-order valence-electron chi connectivity index (χ3n) is 2.33. The van der Waals surface area contributed by atoms with Gasteiger partial charge >= 0.3 is 0 Å². The molecule has 1 radical (unpaired) electrons. The molecule has 0 aliphatic carbocycles. The molecule has 1 rings (SSSR count). The molecule has 77 valence electrons. The zero-order valence-corrected chi connectivity index (χ0v) is 7.37. The van der Waals surface area contributed by atoms with Gasteiger partial charge in [0.2, 0.25) is 0 Å². The highest BCUT2D eigenvalue weighted by Crippen LogP contribution is 2.26. The molecule has 0 spiro atoms. The van der Waals surface area contributed by atoms with Crippen LogP contribution in [-0.2, 0) is 4.74 Å². The van der Waals surface area contributed by atoms with Gasteiger partial charge in [-0.3, -0.25) is 0 Å². The first kappa shape index (κ1) is 10.9. The fourth-order valence-electron chi connectivity index (χ4n) is 1.48. The Hall–Kier alpha value is -0.200. The number of hydrogen-bond acceptors (Lipinski definition) is 5. The standard InChI is InChI=1S/C8H15O5/c1-2-4-6(10)7(11)5(3-9)13-8(4)12/h2,4-12H,3H2,1H3. The van der Waals surface area contributed by atoms with E-state index < -0.39 is 37.1 Å². The van der Waals surface area contributed by atoms with E-state index in [0.29, 0.717) is 0 Å². The summed E-state index contributed by atoms with van der Waals surface area (Å²) in [7, 11) is 0. The van der Waals surface area contributed by atoms with Gasteiger partial charge in [-0.25, -0.2) is 0 Å². The summed E-state index contributed by atoms with van der Waals surface area (Å²) in [6, 6.07) is 0. The van der Waals surface area contributed by atoms with E-state index in [1.165, 1.54) is 0 Å². The maximum Gasteiger partial charge on any atom is 0.160 e. The molecule has 5 heteroatoms. The molecule has 0 aromatic carbocycles. The highest BCUT2D eigenvalue weighted by Gasteiger charge is 2.42. The van der Waals surface area contributed by atoms with Gasteiger partial charge in [0.25, 0.3) is 0 Å². The Morgan fingerprint density at radius 3 is 2.31 bits per heavy atom. The predicted octanol–water partition coefficient (Wildman–Crippen LogP) is -1.74. The van der Waals surface area contributed by atoms with E-state index in [1.54, 1.807) is 13.3 Å². The van der Waals surface area contributed by atoms with Crippen LogP contribution in [-0.4, -0.2) is 51.6 Å². The molecule has 5 nitrogen and oxygen atoms in total. The molecule has 0 saturated carbocycles. The molecule has 5 unspecified atom stereocenters. The summed E-state index contributed by atoms with van der Waals surface area (Å²) in [4.78, 5) is 0. The van der Waals surface area contributed by atoms with Crippen LogP contribution in [0.4, 0.5) is 0 Å². The molecule has 0 bridgehead atoms. The Labute approximate surface area is 76.6 Å². The zero-order valence-electron chi connectivity index (χ0n) is 7.37. The first-order valence-electron chi connectivity index (χ1n) is 4.21. The van der Waals surface area contributed by atoms with E-state index in [9.17, 15) is 15.3 Å². The summed E-state index contributed by atoms with van der Waals surface area (Å²) in [5.74, 6) is -0.613. The lowest BCUT2D eigenvalue weighted by atomic mass is 9.89. The van der Waals surface area contributed by atoms with E-state index in [2.05, 4.69) is 0 Å². The van der Waals surface area contributed by atoms with Crippen molar-refractivity contribution in [2.45, 2.75) is 31.5 Å². The van der Waals surface area contributed by atoms with Crippen molar-refractivity contribution in [3.05, 3.63) is 6.42 Å². The van der Waals surface area contributed by atoms with Crippen molar-refractivity contribution in [3.8, 4) is 0 Å². The van der Waals surface area contributed by atoms with Gasteiger partial charge in [-0.05, 0) is 6.42 Å². The highest BCUT2D eigenvalue weighted by molar-refractivity contribution is 4.92. The van der Waals surface area contributed by atoms with E-state index >= 15 is 0 Å². The third-order valence-corrected chi connectivity index (χ3v) is 2.33. The van der Waals surface area contributed by atoms with Crippen molar-refractivity contribution < 1.29 is 25.2 Å². The van der Waals surface area contributed by atoms with Crippen LogP contribution < -0.4 is 0 Å². The Morgan fingerprint density at radius 1 is 1.23 bits per heavy atom. The average molecular weight is 191 g/mol. The van der Waals surface area contributed by atoms with Gasteiger partial charge in [0, 0.05) is 5.92 Å². The molecule has 5 atom stereocenters. The second kappa shape index (κ2) is 4.34. The largest absolute Gasteiger partial charge is 0.394 e. The normalized spacial score (nSPS) is 46.4. The second-order valence-corrected chi connectivity index (χ2v) is 3.14. The molecule has 13 heavy (non-hydrogen) atoms. The lowest BCUT2D eigenvalue weighted by Crippen LogP contribution is -2.55. The van der Waals surface area contributed by atoms with Gasteiger partial charge < -0.3 is 25.2 Å². The molecular weight excluding hydrogens is 176 g/mol. The minimum atomic E-state index is -1.17. The fraction of sp³-hybridized carbons (Fsp3) is 0.875. The number of rotatable bonds is 2. The predicted molar refractivity (Wildman–Crippen MR) is 43.4 cm³/mol. The van der Waals surface area contributed by atoms with Gasteiger partial charge in [0.1, 0.15) is 12.2 Å². The molecular formula is C8H15O5. The van der Waals surface area contributed by atoms with E-state index in [1.807, 2.05) is 0 Å². The molecule has 1 saturated heterocycles. The van der Waals surface area contributed by atoms with Crippen LogP contribution in [0.1, 0.15) is 6.92 Å². The summed E-state index contributed by atoms with van der Waals surface area (Å²) in [5, 5.41) is 36.9. The summed E-state index contributed by atoms with van der Waals surface area (Å²) in [6.45, 7) is 1.23. The Morgan fingerprint density at radius 2 is 1.85 bits per heavy atom. The highest BCUT2D eigenvalue weighted by atomic mass is 16.6. The van der Waals surface area contributed by atoms with Crippen molar-refractivity contribution in [1.82, 2.24) is 0 Å². The zero-order chi connectivity index (χ0) is 10.0. The number of aliphatic hydroxyl groups is 4. The summed E-state index contributed by atoms with van der Waals surface area (Å²) < 4.78 is 4.89. The van der Waals surface area contributed by atoms with Gasteiger partial charge in [-0.1, -0.05) is 6.92 Å². The molecule has 1 heterocycles. The summed E-state index contributed by atoms with van der Waals surface area (Å²) >= 11 is 0. The number of aliphatic hydroxyl groups excluding tert-OH is 4. The molecule has 4 N–H and O–H groups in total. The Bertz CT molecular complexity index is 163. The first-order valence-corrected chi connectivity index (χ1v) is 4.21. The topological polar surface area (TPSA) is 90.2 Å². The maximum absolute atomic E-state index is 9.48. The summed E-state index contributed by atoms with van der Waals surface area (Å²) in [5.41, 5.74) is 0. The SMILES string of the molecule is C[CH]C1C(O)OC(CO)C(O)C1O. The second-order valence-electron chi connectivity index (χ2n) is 3.14. The first-order chi connectivity index (χ1) is 6.11. The molecule has 1 aliphatic heterocycles. The van der Waals surface area contributed by atoms with Gasteiger partial charge in [-0.15, -0.1) is 0 Å². The van der Waals surface area contributed by atoms with E-state index in [0.717, 1.165) is 0 Å². The van der Waals surface area contributed by atoms with Crippen molar-refractivity contribution >= 4 is 0 Å². The van der Waals surface area contributed by atoms with Gasteiger partial charge in [0.15, 0.2) is 6.29 Å². The van der Waals surface area contributed by atoms with E-state index in [4.69, 9.17) is 9.84 Å². The average Bonchev–Trinajstić information content (AvgIpc) is 2.12. The van der Waals surface area contributed by atoms with E-state index in [-0.39, 0.29) is 0 Å². The van der Waals surface area contributed by atoms with Crippen LogP contribution in [0.5, 0.6) is 0 Å².